The van der Waals surface area contributed by atoms with Gasteiger partial charge in [-0.15, -0.1) is 0 Å². The lowest BCUT2D eigenvalue weighted by atomic mass is 10.0. The number of fused-ring (bicyclic) bond motifs is 1. The molecule has 0 saturated heterocycles. The molecule has 1 heterocycles. The fourth-order valence-corrected chi connectivity index (χ4v) is 1.96. The number of carbonyl (C=O) groups is 1. The molecule has 0 aliphatic rings. The third kappa shape index (κ3) is 3.06. The second kappa shape index (κ2) is 4.93. The van der Waals surface area contributed by atoms with Crippen molar-refractivity contribution >= 4 is 16.8 Å². The number of nitrogens with one attached hydrogen (secondary N) is 2. The Hall–Kier alpha value is -2.01. The summed E-state index contributed by atoms with van der Waals surface area (Å²) in [6, 6.07) is 5.05. The molecule has 0 atom stereocenters. The van der Waals surface area contributed by atoms with Crippen LogP contribution in [0.15, 0.2) is 24.4 Å². The van der Waals surface area contributed by atoms with Crippen LogP contribution in [0, 0.1) is 0 Å². The second-order valence-electron chi connectivity index (χ2n) is 5.36. The molecule has 19 heavy (non-hydrogen) atoms. The van der Waals surface area contributed by atoms with E-state index in [1.165, 1.54) is 0 Å². The number of aromatic hydroxyl groups is 1. The first-order chi connectivity index (χ1) is 8.91. The van der Waals surface area contributed by atoms with Crippen LogP contribution in [0.4, 0.5) is 0 Å². The van der Waals surface area contributed by atoms with Crippen LogP contribution in [0.5, 0.6) is 5.75 Å². The Bertz CT molecular complexity index is 602. The number of aromatic amines is 1. The maximum Gasteiger partial charge on any atom is 0.224 e. The van der Waals surface area contributed by atoms with Crippen molar-refractivity contribution in [3.63, 3.8) is 0 Å². The standard InChI is InChI=1S/C14H19N3O2/c1-14(2,8-15)17-13(19)5-9-7-16-12-4-3-10(18)6-11(9)12/h3-4,6-7,16,18H,5,8,15H2,1-2H3,(H,17,19). The smallest absolute Gasteiger partial charge is 0.224 e. The molecule has 1 amide bonds. The van der Waals surface area contributed by atoms with Gasteiger partial charge in [-0.25, -0.2) is 0 Å². The minimum absolute atomic E-state index is 0.0836. The summed E-state index contributed by atoms with van der Waals surface area (Å²) in [5.74, 6) is 0.107. The van der Waals surface area contributed by atoms with Gasteiger partial charge in [-0.05, 0) is 37.6 Å². The van der Waals surface area contributed by atoms with Crippen LogP contribution in [0.25, 0.3) is 10.9 Å². The molecule has 1 aromatic heterocycles. The van der Waals surface area contributed by atoms with E-state index in [-0.39, 0.29) is 18.1 Å². The lowest BCUT2D eigenvalue weighted by molar-refractivity contribution is -0.121. The van der Waals surface area contributed by atoms with Gasteiger partial charge in [-0.2, -0.15) is 0 Å². The van der Waals surface area contributed by atoms with E-state index in [0.717, 1.165) is 16.5 Å². The maximum atomic E-state index is 12.0. The number of rotatable bonds is 4. The largest absolute Gasteiger partial charge is 0.508 e. The Kier molecular flexibility index (Phi) is 3.48. The predicted octanol–water partition coefficient (Wildman–Crippen LogP) is 1.27. The van der Waals surface area contributed by atoms with Crippen LogP contribution in [0.3, 0.4) is 0 Å². The van der Waals surface area contributed by atoms with Crippen molar-refractivity contribution < 1.29 is 9.90 Å². The molecule has 0 aliphatic carbocycles. The van der Waals surface area contributed by atoms with Crippen molar-refractivity contribution in [2.24, 2.45) is 5.73 Å². The molecule has 102 valence electrons. The van der Waals surface area contributed by atoms with Gasteiger partial charge in [0.05, 0.1) is 6.42 Å². The number of hydrogen-bond acceptors (Lipinski definition) is 3. The van der Waals surface area contributed by atoms with Crippen LogP contribution in [-0.4, -0.2) is 28.1 Å². The van der Waals surface area contributed by atoms with Gasteiger partial charge in [0, 0.05) is 29.2 Å². The third-order valence-corrected chi connectivity index (χ3v) is 3.09. The number of phenols is 1. The highest BCUT2D eigenvalue weighted by molar-refractivity contribution is 5.89. The molecule has 5 heteroatoms. The normalized spacial score (nSPS) is 11.7. The molecule has 2 rings (SSSR count). The van der Waals surface area contributed by atoms with Crippen molar-refractivity contribution in [2.45, 2.75) is 25.8 Å². The van der Waals surface area contributed by atoms with Crippen molar-refractivity contribution in [1.29, 1.82) is 0 Å². The highest BCUT2D eigenvalue weighted by Crippen LogP contribution is 2.23. The summed E-state index contributed by atoms with van der Waals surface area (Å²) in [5, 5.41) is 13.2. The molecule has 1 aromatic carbocycles. The van der Waals surface area contributed by atoms with Crippen LogP contribution in [0.1, 0.15) is 19.4 Å². The second-order valence-corrected chi connectivity index (χ2v) is 5.36. The van der Waals surface area contributed by atoms with Crippen LogP contribution in [-0.2, 0) is 11.2 Å². The molecule has 0 radical (unpaired) electrons. The summed E-state index contributed by atoms with van der Waals surface area (Å²) < 4.78 is 0. The molecule has 0 aliphatic heterocycles. The highest BCUT2D eigenvalue weighted by Gasteiger charge is 2.19. The third-order valence-electron chi connectivity index (χ3n) is 3.09. The van der Waals surface area contributed by atoms with Crippen molar-refractivity contribution in [2.75, 3.05) is 6.54 Å². The number of carbonyl (C=O) groups excluding carboxylic acids is 1. The molecule has 0 saturated carbocycles. The lowest BCUT2D eigenvalue weighted by Gasteiger charge is -2.24. The zero-order valence-corrected chi connectivity index (χ0v) is 11.2. The molecular weight excluding hydrogens is 242 g/mol. The SMILES string of the molecule is CC(C)(CN)NC(=O)Cc1c[nH]c2ccc(O)cc12. The first-order valence-electron chi connectivity index (χ1n) is 6.21. The number of aromatic nitrogens is 1. The lowest BCUT2D eigenvalue weighted by Crippen LogP contribution is -2.49. The first-order valence-corrected chi connectivity index (χ1v) is 6.21. The molecule has 5 nitrogen and oxygen atoms in total. The predicted molar refractivity (Wildman–Crippen MR) is 74.9 cm³/mol. The Balaban J connectivity index is 2.17. The number of nitrogens with two attached hydrogens (primary N) is 1. The summed E-state index contributed by atoms with van der Waals surface area (Å²) in [7, 11) is 0. The van der Waals surface area contributed by atoms with Gasteiger partial charge >= 0.3 is 0 Å². The van der Waals surface area contributed by atoms with Gasteiger partial charge in [-0.1, -0.05) is 0 Å². The topological polar surface area (TPSA) is 91.1 Å². The molecule has 0 unspecified atom stereocenters. The van der Waals surface area contributed by atoms with Gasteiger partial charge in [0.25, 0.3) is 0 Å². The average molecular weight is 261 g/mol. The first kappa shape index (κ1) is 13.4. The van der Waals surface area contributed by atoms with E-state index in [0.29, 0.717) is 6.54 Å². The maximum absolute atomic E-state index is 12.0. The van der Waals surface area contributed by atoms with E-state index >= 15 is 0 Å². The number of phenolic OH excluding ortho intramolecular Hbond substituents is 1. The van der Waals surface area contributed by atoms with Crippen LogP contribution >= 0.6 is 0 Å². The van der Waals surface area contributed by atoms with Gasteiger partial charge in [0.1, 0.15) is 5.75 Å². The Morgan fingerprint density at radius 3 is 2.89 bits per heavy atom. The number of hydrogen-bond donors (Lipinski definition) is 4. The Morgan fingerprint density at radius 2 is 2.21 bits per heavy atom. The summed E-state index contributed by atoms with van der Waals surface area (Å²) in [4.78, 5) is 15.1. The summed E-state index contributed by atoms with van der Waals surface area (Å²) in [5.41, 5.74) is 6.93. The fraction of sp³-hybridized carbons (Fsp3) is 0.357. The molecule has 0 spiro atoms. The fourth-order valence-electron chi connectivity index (χ4n) is 1.96. The van der Waals surface area contributed by atoms with Crippen LogP contribution in [0.2, 0.25) is 0 Å². The summed E-state index contributed by atoms with van der Waals surface area (Å²) in [6.07, 6.45) is 2.05. The Morgan fingerprint density at radius 1 is 1.47 bits per heavy atom. The van der Waals surface area contributed by atoms with Gasteiger partial charge in [0.15, 0.2) is 0 Å². The van der Waals surface area contributed by atoms with Crippen LogP contribution < -0.4 is 11.1 Å². The average Bonchev–Trinajstić information content (AvgIpc) is 2.71. The molecular formula is C14H19N3O2. The van der Waals surface area contributed by atoms with E-state index in [1.54, 1.807) is 24.4 Å². The van der Waals surface area contributed by atoms with Gasteiger partial charge in [0.2, 0.25) is 5.91 Å². The molecule has 2 aromatic rings. The molecule has 5 N–H and O–H groups in total. The van der Waals surface area contributed by atoms with Crippen molar-refractivity contribution in [3.05, 3.63) is 30.0 Å². The van der Waals surface area contributed by atoms with E-state index in [9.17, 15) is 9.90 Å². The van der Waals surface area contributed by atoms with E-state index in [1.807, 2.05) is 13.8 Å². The molecule has 0 bridgehead atoms. The van der Waals surface area contributed by atoms with Crippen molar-refractivity contribution in [1.82, 2.24) is 10.3 Å². The van der Waals surface area contributed by atoms with Gasteiger partial charge in [-0.3, -0.25) is 4.79 Å². The minimum Gasteiger partial charge on any atom is -0.508 e. The van der Waals surface area contributed by atoms with E-state index < -0.39 is 5.54 Å². The van der Waals surface area contributed by atoms with Gasteiger partial charge < -0.3 is 21.1 Å². The number of benzene rings is 1. The monoisotopic (exact) mass is 261 g/mol. The number of amides is 1. The highest BCUT2D eigenvalue weighted by atomic mass is 16.3. The van der Waals surface area contributed by atoms with E-state index in [4.69, 9.17) is 5.73 Å². The molecule has 0 fully saturated rings. The quantitative estimate of drug-likeness (QED) is 0.668. The minimum atomic E-state index is -0.411. The van der Waals surface area contributed by atoms with E-state index in [2.05, 4.69) is 10.3 Å². The van der Waals surface area contributed by atoms with Crippen molar-refractivity contribution in [3.8, 4) is 5.75 Å². The summed E-state index contributed by atoms with van der Waals surface area (Å²) in [6.45, 7) is 4.14. The zero-order chi connectivity index (χ0) is 14.0. The zero-order valence-electron chi connectivity index (χ0n) is 11.2. The Labute approximate surface area is 111 Å². The number of H-pyrrole nitrogens is 1. The summed E-state index contributed by atoms with van der Waals surface area (Å²) >= 11 is 0.